The Labute approximate surface area is 156 Å². The molecule has 0 saturated carbocycles. The molecule has 0 fully saturated rings. The Bertz CT molecular complexity index is 1160. The second-order valence-electron chi connectivity index (χ2n) is 6.33. The van der Waals surface area contributed by atoms with Crippen LogP contribution < -0.4 is 9.47 Å². The minimum Gasteiger partial charge on any atom is -0.493 e. The van der Waals surface area contributed by atoms with Crippen molar-refractivity contribution in [2.45, 2.75) is 6.54 Å². The Kier molecular flexibility index (Phi) is 4.20. The molecule has 0 bridgehead atoms. The van der Waals surface area contributed by atoms with Crippen LogP contribution in [0.4, 0.5) is 0 Å². The van der Waals surface area contributed by atoms with Gasteiger partial charge in [-0.05, 0) is 35.9 Å². The van der Waals surface area contributed by atoms with E-state index in [0.717, 1.165) is 27.4 Å². The minimum absolute atomic E-state index is 0.277. The maximum absolute atomic E-state index is 11.4. The first-order valence-corrected chi connectivity index (χ1v) is 8.57. The number of carboxylic acids is 1. The zero-order valence-electron chi connectivity index (χ0n) is 15.1. The van der Waals surface area contributed by atoms with Gasteiger partial charge in [-0.15, -0.1) is 0 Å². The Hall–Kier alpha value is -3.47. The Balaban J connectivity index is 1.91. The van der Waals surface area contributed by atoms with E-state index in [1.165, 1.54) is 0 Å². The molecule has 0 radical (unpaired) electrons. The molecule has 0 aliphatic carbocycles. The number of nitrogens with zero attached hydrogens (tertiary/aromatic N) is 1. The van der Waals surface area contributed by atoms with Crippen LogP contribution in [0.5, 0.6) is 11.5 Å². The molecular weight excluding hydrogens is 342 g/mol. The number of ether oxygens (including phenoxy) is 2. The van der Waals surface area contributed by atoms with E-state index in [-0.39, 0.29) is 5.56 Å². The molecule has 0 saturated heterocycles. The van der Waals surface area contributed by atoms with Crippen LogP contribution in [-0.4, -0.2) is 29.9 Å². The zero-order valence-corrected chi connectivity index (χ0v) is 15.1. The van der Waals surface area contributed by atoms with Crippen LogP contribution >= 0.6 is 0 Å². The summed E-state index contributed by atoms with van der Waals surface area (Å²) in [6.45, 7) is 0.591. The van der Waals surface area contributed by atoms with E-state index in [1.807, 2.05) is 36.4 Å². The molecule has 27 heavy (non-hydrogen) atoms. The van der Waals surface area contributed by atoms with Gasteiger partial charge >= 0.3 is 5.97 Å². The van der Waals surface area contributed by atoms with Crippen LogP contribution in [0.3, 0.4) is 0 Å². The fourth-order valence-electron chi connectivity index (χ4n) is 3.51. The monoisotopic (exact) mass is 361 g/mol. The van der Waals surface area contributed by atoms with Gasteiger partial charge in [0.1, 0.15) is 0 Å². The van der Waals surface area contributed by atoms with Gasteiger partial charge in [0.05, 0.1) is 25.3 Å². The zero-order chi connectivity index (χ0) is 19.0. The SMILES string of the molecule is COc1ccc(Cn2c3ccccc3c3ccc(C(=O)O)cc32)cc1OC. The van der Waals surface area contributed by atoms with E-state index < -0.39 is 5.97 Å². The van der Waals surface area contributed by atoms with Crippen LogP contribution in [0.1, 0.15) is 15.9 Å². The van der Waals surface area contributed by atoms with Gasteiger partial charge in [0.15, 0.2) is 11.5 Å². The van der Waals surface area contributed by atoms with Crippen LogP contribution in [0, 0.1) is 0 Å². The number of methoxy groups -OCH3 is 2. The number of hydrogen-bond donors (Lipinski definition) is 1. The number of carboxylic acid groups (broad SMARTS) is 1. The summed E-state index contributed by atoms with van der Waals surface area (Å²) in [5.74, 6) is 0.415. The van der Waals surface area contributed by atoms with Gasteiger partial charge in [-0.25, -0.2) is 4.79 Å². The van der Waals surface area contributed by atoms with Crippen molar-refractivity contribution in [1.82, 2.24) is 4.57 Å². The predicted octanol–water partition coefficient (Wildman–Crippen LogP) is 4.56. The molecule has 0 aliphatic rings. The second-order valence-corrected chi connectivity index (χ2v) is 6.33. The van der Waals surface area contributed by atoms with Gasteiger partial charge in [0.25, 0.3) is 0 Å². The highest BCUT2D eigenvalue weighted by Crippen LogP contribution is 2.32. The van der Waals surface area contributed by atoms with Crippen molar-refractivity contribution in [3.8, 4) is 11.5 Å². The molecule has 1 aromatic heterocycles. The number of aromatic nitrogens is 1. The lowest BCUT2D eigenvalue weighted by Crippen LogP contribution is -2.02. The quantitative estimate of drug-likeness (QED) is 0.566. The van der Waals surface area contributed by atoms with Gasteiger partial charge in [0, 0.05) is 22.8 Å². The molecule has 4 rings (SSSR count). The summed E-state index contributed by atoms with van der Waals surface area (Å²) in [6, 6.07) is 19.2. The fourth-order valence-corrected chi connectivity index (χ4v) is 3.51. The number of hydrogen-bond acceptors (Lipinski definition) is 3. The minimum atomic E-state index is -0.931. The van der Waals surface area contributed by atoms with Crippen molar-refractivity contribution in [2.75, 3.05) is 14.2 Å². The Morgan fingerprint density at radius 3 is 2.37 bits per heavy atom. The van der Waals surface area contributed by atoms with Crippen LogP contribution in [0.25, 0.3) is 21.8 Å². The molecule has 136 valence electrons. The first-order valence-electron chi connectivity index (χ1n) is 8.57. The van der Waals surface area contributed by atoms with E-state index in [9.17, 15) is 9.90 Å². The largest absolute Gasteiger partial charge is 0.493 e. The number of benzene rings is 3. The van der Waals surface area contributed by atoms with E-state index >= 15 is 0 Å². The van der Waals surface area contributed by atoms with Crippen molar-refractivity contribution < 1.29 is 19.4 Å². The smallest absolute Gasteiger partial charge is 0.335 e. The van der Waals surface area contributed by atoms with Gasteiger partial charge < -0.3 is 19.1 Å². The molecule has 0 spiro atoms. The van der Waals surface area contributed by atoms with E-state index in [1.54, 1.807) is 26.4 Å². The topological polar surface area (TPSA) is 60.7 Å². The first kappa shape index (κ1) is 17.0. The molecule has 1 heterocycles. The van der Waals surface area contributed by atoms with E-state index in [0.29, 0.717) is 18.0 Å². The Morgan fingerprint density at radius 1 is 0.889 bits per heavy atom. The van der Waals surface area contributed by atoms with E-state index in [4.69, 9.17) is 9.47 Å². The fraction of sp³-hybridized carbons (Fsp3) is 0.136. The lowest BCUT2D eigenvalue weighted by molar-refractivity contribution is 0.0697. The summed E-state index contributed by atoms with van der Waals surface area (Å²) in [7, 11) is 3.22. The maximum Gasteiger partial charge on any atom is 0.335 e. The van der Waals surface area contributed by atoms with Gasteiger partial charge in [-0.1, -0.05) is 30.3 Å². The van der Waals surface area contributed by atoms with Crippen LogP contribution in [0.2, 0.25) is 0 Å². The third kappa shape index (κ3) is 2.87. The van der Waals surface area contributed by atoms with Crippen molar-refractivity contribution in [2.24, 2.45) is 0 Å². The number of carbonyl (C=O) groups is 1. The third-order valence-electron chi connectivity index (χ3n) is 4.81. The standard InChI is InChI=1S/C22H19NO4/c1-26-20-10-7-14(11-21(20)27-2)13-23-18-6-4-3-5-16(18)17-9-8-15(22(24)25)12-19(17)23/h3-12H,13H2,1-2H3,(H,24,25). The van der Waals surface area contributed by atoms with Crippen molar-refractivity contribution in [3.05, 3.63) is 71.8 Å². The van der Waals surface area contributed by atoms with Gasteiger partial charge in [-0.2, -0.15) is 0 Å². The molecule has 0 unspecified atom stereocenters. The first-order chi connectivity index (χ1) is 13.1. The highest BCUT2D eigenvalue weighted by atomic mass is 16.5. The molecule has 4 aromatic rings. The van der Waals surface area contributed by atoms with Crippen molar-refractivity contribution >= 4 is 27.8 Å². The predicted molar refractivity (Wildman–Crippen MR) is 105 cm³/mol. The lowest BCUT2D eigenvalue weighted by Gasteiger charge is -2.12. The normalized spacial score (nSPS) is 11.0. The molecule has 0 aliphatic heterocycles. The summed E-state index contributed by atoms with van der Waals surface area (Å²) >= 11 is 0. The number of para-hydroxylation sites is 1. The highest BCUT2D eigenvalue weighted by Gasteiger charge is 2.14. The molecular formula is C22H19NO4. The Morgan fingerprint density at radius 2 is 1.63 bits per heavy atom. The summed E-state index contributed by atoms with van der Waals surface area (Å²) < 4.78 is 12.9. The summed E-state index contributed by atoms with van der Waals surface area (Å²) in [6.07, 6.45) is 0. The molecule has 5 nitrogen and oxygen atoms in total. The molecule has 5 heteroatoms. The summed E-state index contributed by atoms with van der Waals surface area (Å²) in [5.41, 5.74) is 3.27. The average molecular weight is 361 g/mol. The van der Waals surface area contributed by atoms with Crippen molar-refractivity contribution in [1.29, 1.82) is 0 Å². The van der Waals surface area contributed by atoms with Gasteiger partial charge in [0.2, 0.25) is 0 Å². The number of rotatable bonds is 5. The number of fused-ring (bicyclic) bond motifs is 3. The van der Waals surface area contributed by atoms with Crippen molar-refractivity contribution in [3.63, 3.8) is 0 Å². The lowest BCUT2D eigenvalue weighted by atomic mass is 10.1. The molecule has 0 amide bonds. The van der Waals surface area contributed by atoms with Crippen LogP contribution in [-0.2, 0) is 6.54 Å². The third-order valence-corrected chi connectivity index (χ3v) is 4.81. The second kappa shape index (κ2) is 6.68. The maximum atomic E-state index is 11.4. The highest BCUT2D eigenvalue weighted by molar-refractivity contribution is 6.09. The molecule has 0 atom stereocenters. The molecule has 1 N–H and O–H groups in total. The van der Waals surface area contributed by atoms with Crippen LogP contribution in [0.15, 0.2) is 60.7 Å². The van der Waals surface area contributed by atoms with Gasteiger partial charge in [-0.3, -0.25) is 0 Å². The molecule has 3 aromatic carbocycles. The average Bonchev–Trinajstić information content (AvgIpc) is 3.01. The summed E-state index contributed by atoms with van der Waals surface area (Å²) in [5, 5.41) is 11.5. The van der Waals surface area contributed by atoms with E-state index in [2.05, 4.69) is 16.7 Å². The number of aromatic carboxylic acids is 1. The summed E-state index contributed by atoms with van der Waals surface area (Å²) in [4.78, 5) is 11.4.